The molecule has 0 spiro atoms. The Hall–Kier alpha value is -0.330. The molecule has 0 N–H and O–H groups in total. The smallest absolute Gasteiger partial charge is 0.136 e. The molecule has 104 valence electrons. The van der Waals surface area contributed by atoms with Crippen LogP contribution in [-0.4, -0.2) is 5.78 Å². The van der Waals surface area contributed by atoms with Crippen LogP contribution < -0.4 is 0 Å². The third-order valence-corrected chi connectivity index (χ3v) is 5.28. The second-order valence-corrected chi connectivity index (χ2v) is 6.60. The zero-order chi connectivity index (χ0) is 12.8. The van der Waals surface area contributed by atoms with E-state index in [0.717, 1.165) is 24.7 Å². The van der Waals surface area contributed by atoms with Gasteiger partial charge in [0.1, 0.15) is 5.78 Å². The Kier molecular flexibility index (Phi) is 5.72. The van der Waals surface area contributed by atoms with Gasteiger partial charge in [0.25, 0.3) is 0 Å². The molecule has 0 bridgehead atoms. The van der Waals surface area contributed by atoms with Crippen molar-refractivity contribution >= 4 is 5.78 Å². The van der Waals surface area contributed by atoms with Crippen molar-refractivity contribution in [3.05, 3.63) is 0 Å². The van der Waals surface area contributed by atoms with Crippen LogP contribution in [0.25, 0.3) is 0 Å². The van der Waals surface area contributed by atoms with Gasteiger partial charge in [-0.25, -0.2) is 0 Å². The molecule has 1 heteroatoms. The van der Waals surface area contributed by atoms with Crippen molar-refractivity contribution in [1.29, 1.82) is 0 Å². The topological polar surface area (TPSA) is 17.1 Å². The minimum Gasteiger partial charge on any atom is -0.299 e. The van der Waals surface area contributed by atoms with Gasteiger partial charge in [-0.15, -0.1) is 0 Å². The summed E-state index contributed by atoms with van der Waals surface area (Å²) < 4.78 is 0. The first kappa shape index (κ1) is 14.1. The molecule has 1 unspecified atom stereocenters. The van der Waals surface area contributed by atoms with Gasteiger partial charge in [0, 0.05) is 12.3 Å². The van der Waals surface area contributed by atoms with Crippen LogP contribution >= 0.6 is 0 Å². The maximum Gasteiger partial charge on any atom is 0.136 e. The molecule has 2 aliphatic rings. The monoisotopic (exact) mass is 250 g/mol. The fraction of sp³-hybridized carbons (Fsp3) is 0.941. The Morgan fingerprint density at radius 3 is 2.44 bits per heavy atom. The van der Waals surface area contributed by atoms with Crippen molar-refractivity contribution in [3.8, 4) is 0 Å². The molecule has 2 rings (SSSR count). The number of rotatable bonds is 5. The highest BCUT2D eigenvalue weighted by Gasteiger charge is 2.32. The summed E-state index contributed by atoms with van der Waals surface area (Å²) in [4.78, 5) is 12.0. The molecule has 1 nitrogen and oxygen atoms in total. The Morgan fingerprint density at radius 2 is 1.78 bits per heavy atom. The van der Waals surface area contributed by atoms with Gasteiger partial charge in [-0.05, 0) is 37.5 Å². The van der Waals surface area contributed by atoms with Gasteiger partial charge in [0.15, 0.2) is 0 Å². The molecule has 0 radical (unpaired) electrons. The Morgan fingerprint density at radius 1 is 1.00 bits per heavy atom. The minimum atomic E-state index is 0.454. The minimum absolute atomic E-state index is 0.454. The zero-order valence-electron chi connectivity index (χ0n) is 12.1. The fourth-order valence-corrected chi connectivity index (χ4v) is 4.07. The van der Waals surface area contributed by atoms with Crippen molar-refractivity contribution in [2.24, 2.45) is 17.8 Å². The summed E-state index contributed by atoms with van der Waals surface area (Å²) in [7, 11) is 0. The summed E-state index contributed by atoms with van der Waals surface area (Å²) in [6, 6.07) is 0. The van der Waals surface area contributed by atoms with Crippen LogP contribution in [0.3, 0.4) is 0 Å². The second-order valence-electron chi connectivity index (χ2n) is 6.60. The van der Waals surface area contributed by atoms with Gasteiger partial charge in [-0.2, -0.15) is 0 Å². The molecule has 0 aliphatic heterocycles. The molecular weight excluding hydrogens is 220 g/mol. The van der Waals surface area contributed by atoms with E-state index in [-0.39, 0.29) is 0 Å². The van der Waals surface area contributed by atoms with Crippen LogP contribution in [0, 0.1) is 17.8 Å². The molecule has 0 aromatic rings. The molecule has 0 saturated heterocycles. The normalized spacial score (nSPS) is 33.6. The van der Waals surface area contributed by atoms with Crippen molar-refractivity contribution in [1.82, 2.24) is 0 Å². The summed E-state index contributed by atoms with van der Waals surface area (Å²) in [5.74, 6) is 2.78. The molecule has 2 aliphatic carbocycles. The van der Waals surface area contributed by atoms with Gasteiger partial charge >= 0.3 is 0 Å². The number of carbonyl (C=O) groups excluding carboxylic acids is 1. The summed E-state index contributed by atoms with van der Waals surface area (Å²) in [5, 5.41) is 0. The number of hydrogen-bond donors (Lipinski definition) is 0. The van der Waals surface area contributed by atoms with Crippen LogP contribution in [0.5, 0.6) is 0 Å². The summed E-state index contributed by atoms with van der Waals surface area (Å²) in [5.41, 5.74) is 0. The van der Waals surface area contributed by atoms with E-state index in [2.05, 4.69) is 6.92 Å². The molecule has 0 aromatic heterocycles. The molecular formula is C17H30O. The molecule has 0 amide bonds. The Balaban J connectivity index is 1.70. The van der Waals surface area contributed by atoms with Crippen molar-refractivity contribution in [2.75, 3.05) is 0 Å². The molecule has 0 aromatic carbocycles. The first-order valence-electron chi connectivity index (χ1n) is 8.34. The standard InChI is InChI=1S/C17H30O/c1-2-3-4-7-14-10-12-15(13-11-14)16-8-5-6-9-17(16)18/h14-16H,2-13H2,1H3/t14-,15-,16?. The van der Waals surface area contributed by atoms with Crippen LogP contribution in [0.1, 0.15) is 84.0 Å². The van der Waals surface area contributed by atoms with E-state index in [9.17, 15) is 4.79 Å². The van der Waals surface area contributed by atoms with E-state index in [4.69, 9.17) is 0 Å². The predicted molar refractivity (Wildman–Crippen MR) is 76.6 cm³/mol. The fourth-order valence-electron chi connectivity index (χ4n) is 4.07. The van der Waals surface area contributed by atoms with Gasteiger partial charge < -0.3 is 0 Å². The van der Waals surface area contributed by atoms with E-state index in [0.29, 0.717) is 11.7 Å². The average molecular weight is 250 g/mol. The molecule has 0 heterocycles. The molecule has 2 saturated carbocycles. The van der Waals surface area contributed by atoms with Crippen LogP contribution in [0.15, 0.2) is 0 Å². The van der Waals surface area contributed by atoms with E-state index >= 15 is 0 Å². The maximum absolute atomic E-state index is 12.0. The van der Waals surface area contributed by atoms with Crippen molar-refractivity contribution < 1.29 is 4.79 Å². The highest BCUT2D eigenvalue weighted by atomic mass is 16.1. The Labute approximate surface area is 113 Å². The SMILES string of the molecule is CCCCC[C@H]1CC[C@H](C2CCCCC2=O)CC1. The predicted octanol–water partition coefficient (Wildman–Crippen LogP) is 5.13. The molecule has 1 atom stereocenters. The number of carbonyl (C=O) groups is 1. The number of Topliss-reactive ketones (excluding diaryl/α,β-unsaturated/α-hetero) is 1. The van der Waals surface area contributed by atoms with Crippen molar-refractivity contribution in [2.45, 2.75) is 84.0 Å². The van der Waals surface area contributed by atoms with Gasteiger partial charge in [0.05, 0.1) is 0 Å². The number of ketones is 1. The molecule has 18 heavy (non-hydrogen) atoms. The highest BCUT2D eigenvalue weighted by molar-refractivity contribution is 5.81. The van der Waals surface area contributed by atoms with Gasteiger partial charge in [-0.1, -0.05) is 51.9 Å². The summed E-state index contributed by atoms with van der Waals surface area (Å²) >= 11 is 0. The highest BCUT2D eigenvalue weighted by Crippen LogP contribution is 2.39. The second kappa shape index (κ2) is 7.31. The van der Waals surface area contributed by atoms with Crippen LogP contribution in [0.4, 0.5) is 0 Å². The third kappa shape index (κ3) is 3.83. The summed E-state index contributed by atoms with van der Waals surface area (Å²) in [6.07, 6.45) is 15.6. The maximum atomic E-state index is 12.0. The average Bonchev–Trinajstić information content (AvgIpc) is 2.41. The van der Waals surface area contributed by atoms with E-state index < -0.39 is 0 Å². The van der Waals surface area contributed by atoms with E-state index in [1.807, 2.05) is 0 Å². The Bertz CT molecular complexity index is 250. The lowest BCUT2D eigenvalue weighted by molar-refractivity contribution is -0.127. The number of hydrogen-bond acceptors (Lipinski definition) is 1. The lowest BCUT2D eigenvalue weighted by Gasteiger charge is -2.35. The third-order valence-electron chi connectivity index (χ3n) is 5.28. The van der Waals surface area contributed by atoms with E-state index in [1.54, 1.807) is 0 Å². The van der Waals surface area contributed by atoms with Crippen LogP contribution in [0.2, 0.25) is 0 Å². The largest absolute Gasteiger partial charge is 0.299 e. The molecule has 2 fully saturated rings. The number of unbranched alkanes of at least 4 members (excludes halogenated alkanes) is 2. The van der Waals surface area contributed by atoms with E-state index in [1.165, 1.54) is 64.2 Å². The zero-order valence-corrected chi connectivity index (χ0v) is 12.1. The lowest BCUT2D eigenvalue weighted by atomic mass is 9.70. The first-order chi connectivity index (χ1) is 8.81. The van der Waals surface area contributed by atoms with Gasteiger partial charge in [0.2, 0.25) is 0 Å². The van der Waals surface area contributed by atoms with Gasteiger partial charge in [-0.3, -0.25) is 4.79 Å². The van der Waals surface area contributed by atoms with Crippen molar-refractivity contribution in [3.63, 3.8) is 0 Å². The first-order valence-corrected chi connectivity index (χ1v) is 8.34. The lowest BCUT2D eigenvalue weighted by Crippen LogP contribution is -2.30. The quantitative estimate of drug-likeness (QED) is 0.618. The van der Waals surface area contributed by atoms with Crippen LogP contribution in [-0.2, 0) is 4.79 Å². The summed E-state index contributed by atoms with van der Waals surface area (Å²) in [6.45, 7) is 2.28.